The van der Waals surface area contributed by atoms with Gasteiger partial charge in [-0.1, -0.05) is 25.1 Å². The zero-order valence-electron chi connectivity index (χ0n) is 8.66. The first-order valence-corrected chi connectivity index (χ1v) is 6.32. The summed E-state index contributed by atoms with van der Waals surface area (Å²) in [5, 5.41) is 5.30. The van der Waals surface area contributed by atoms with Gasteiger partial charge in [0.25, 0.3) is 0 Å². The van der Waals surface area contributed by atoms with Gasteiger partial charge in [-0.05, 0) is 12.8 Å². The molecule has 3 nitrogen and oxygen atoms in total. The molecule has 4 heteroatoms. The van der Waals surface area contributed by atoms with Crippen LogP contribution in [0.15, 0.2) is 4.99 Å². The number of hydrogen-bond donors (Lipinski definition) is 1. The number of rotatable bonds is 3. The number of thioether (sulfide) groups is 1. The van der Waals surface area contributed by atoms with Crippen molar-refractivity contribution < 1.29 is 4.74 Å². The molecule has 0 aromatic heterocycles. The Morgan fingerprint density at radius 2 is 2.57 bits per heavy atom. The van der Waals surface area contributed by atoms with Crippen molar-refractivity contribution in [2.45, 2.75) is 37.5 Å². The lowest BCUT2D eigenvalue weighted by molar-refractivity contribution is 0.192. The standard InChI is InChI=1S/C10H18N2OS/c1-2-3-9-6-11-10(14-9)12-8-4-5-13-7-8/h8-9H,2-7H2,1H3,(H,11,12). The second-order valence-corrected chi connectivity index (χ2v) is 5.17. The SMILES string of the molecule is CCCC1CN=C(NC2CCOC2)S1. The van der Waals surface area contributed by atoms with Crippen molar-refractivity contribution in [3.63, 3.8) is 0 Å². The molecule has 2 aliphatic rings. The molecule has 1 N–H and O–H groups in total. The fraction of sp³-hybridized carbons (Fsp3) is 0.900. The second-order valence-electron chi connectivity index (χ2n) is 3.88. The monoisotopic (exact) mass is 214 g/mol. The van der Waals surface area contributed by atoms with Crippen LogP contribution in [-0.2, 0) is 4.74 Å². The highest BCUT2D eigenvalue weighted by atomic mass is 32.2. The Morgan fingerprint density at radius 3 is 3.29 bits per heavy atom. The van der Waals surface area contributed by atoms with Gasteiger partial charge in [0.15, 0.2) is 5.17 Å². The molecule has 2 atom stereocenters. The summed E-state index contributed by atoms with van der Waals surface area (Å²) >= 11 is 1.91. The topological polar surface area (TPSA) is 33.6 Å². The van der Waals surface area contributed by atoms with Crippen molar-refractivity contribution in [1.82, 2.24) is 5.32 Å². The molecular formula is C10H18N2OS. The lowest BCUT2D eigenvalue weighted by Gasteiger charge is -2.12. The minimum absolute atomic E-state index is 0.502. The Hall–Kier alpha value is -0.220. The van der Waals surface area contributed by atoms with E-state index >= 15 is 0 Å². The van der Waals surface area contributed by atoms with Gasteiger partial charge in [-0.2, -0.15) is 0 Å². The molecule has 2 aliphatic heterocycles. The van der Waals surface area contributed by atoms with Crippen LogP contribution >= 0.6 is 11.8 Å². The van der Waals surface area contributed by atoms with E-state index in [0.29, 0.717) is 11.3 Å². The quantitative estimate of drug-likeness (QED) is 0.775. The number of ether oxygens (including phenoxy) is 1. The average Bonchev–Trinajstić information content (AvgIpc) is 2.79. The second kappa shape index (κ2) is 5.03. The summed E-state index contributed by atoms with van der Waals surface area (Å²) in [6.07, 6.45) is 3.66. The Bertz CT molecular complexity index is 214. The van der Waals surface area contributed by atoms with Crippen LogP contribution in [0.5, 0.6) is 0 Å². The van der Waals surface area contributed by atoms with Gasteiger partial charge in [-0.15, -0.1) is 0 Å². The third kappa shape index (κ3) is 2.64. The molecule has 0 spiro atoms. The fourth-order valence-corrected chi connectivity index (χ4v) is 2.99. The van der Waals surface area contributed by atoms with Crippen LogP contribution in [0.25, 0.3) is 0 Å². The van der Waals surface area contributed by atoms with Crippen molar-refractivity contribution in [2.75, 3.05) is 19.8 Å². The predicted octanol–water partition coefficient (Wildman–Crippen LogP) is 1.64. The van der Waals surface area contributed by atoms with Crippen molar-refractivity contribution in [2.24, 2.45) is 4.99 Å². The average molecular weight is 214 g/mol. The van der Waals surface area contributed by atoms with E-state index in [1.165, 1.54) is 12.8 Å². The van der Waals surface area contributed by atoms with E-state index in [1.807, 2.05) is 11.8 Å². The summed E-state index contributed by atoms with van der Waals surface area (Å²) in [6, 6.07) is 0.502. The highest BCUT2D eigenvalue weighted by molar-refractivity contribution is 8.14. The van der Waals surface area contributed by atoms with Crippen molar-refractivity contribution in [3.05, 3.63) is 0 Å². The third-order valence-corrected chi connectivity index (χ3v) is 3.77. The maximum Gasteiger partial charge on any atom is 0.157 e. The Labute approximate surface area is 89.7 Å². The molecule has 2 unspecified atom stereocenters. The van der Waals surface area contributed by atoms with Gasteiger partial charge in [-0.25, -0.2) is 0 Å². The van der Waals surface area contributed by atoms with Crippen LogP contribution in [0.2, 0.25) is 0 Å². The molecule has 0 aliphatic carbocycles. The van der Waals surface area contributed by atoms with Gasteiger partial charge in [0.1, 0.15) is 0 Å². The third-order valence-electron chi connectivity index (χ3n) is 2.58. The van der Waals surface area contributed by atoms with E-state index in [9.17, 15) is 0 Å². The molecule has 0 saturated carbocycles. The van der Waals surface area contributed by atoms with Gasteiger partial charge >= 0.3 is 0 Å². The Kier molecular flexibility index (Phi) is 3.70. The molecule has 0 bridgehead atoms. The molecule has 14 heavy (non-hydrogen) atoms. The lowest BCUT2D eigenvalue weighted by atomic mass is 10.2. The Balaban J connectivity index is 1.72. The lowest BCUT2D eigenvalue weighted by Crippen LogP contribution is -2.32. The van der Waals surface area contributed by atoms with Gasteiger partial charge in [0, 0.05) is 11.9 Å². The molecule has 2 rings (SSSR count). The smallest absolute Gasteiger partial charge is 0.157 e. The number of amidine groups is 1. The molecule has 80 valence electrons. The highest BCUT2D eigenvalue weighted by Crippen LogP contribution is 2.24. The minimum atomic E-state index is 0.502. The zero-order chi connectivity index (χ0) is 9.80. The molecule has 0 aromatic rings. The fourth-order valence-electron chi connectivity index (χ4n) is 1.79. The molecule has 1 saturated heterocycles. The first-order valence-electron chi connectivity index (χ1n) is 5.44. The van der Waals surface area contributed by atoms with E-state index in [4.69, 9.17) is 4.74 Å². The molecule has 1 fully saturated rings. The molecule has 0 radical (unpaired) electrons. The molecule has 0 amide bonds. The number of nitrogens with zero attached hydrogens (tertiary/aromatic N) is 1. The van der Waals surface area contributed by atoms with Crippen LogP contribution in [0.4, 0.5) is 0 Å². The summed E-state index contributed by atoms with van der Waals surface area (Å²) in [4.78, 5) is 4.51. The van der Waals surface area contributed by atoms with E-state index in [2.05, 4.69) is 17.2 Å². The van der Waals surface area contributed by atoms with E-state index in [-0.39, 0.29) is 0 Å². The predicted molar refractivity (Wildman–Crippen MR) is 60.9 cm³/mol. The summed E-state index contributed by atoms with van der Waals surface area (Å²) in [7, 11) is 0. The summed E-state index contributed by atoms with van der Waals surface area (Å²) < 4.78 is 5.31. The summed E-state index contributed by atoms with van der Waals surface area (Å²) in [6.45, 7) is 4.97. The number of nitrogens with one attached hydrogen (secondary N) is 1. The minimum Gasteiger partial charge on any atom is -0.379 e. The molecule has 0 aromatic carbocycles. The first kappa shape index (κ1) is 10.3. The zero-order valence-corrected chi connectivity index (χ0v) is 9.48. The van der Waals surface area contributed by atoms with Gasteiger partial charge in [0.2, 0.25) is 0 Å². The number of aliphatic imine (C=N–C) groups is 1. The van der Waals surface area contributed by atoms with Crippen molar-refractivity contribution >= 4 is 16.9 Å². The normalized spacial score (nSPS) is 31.9. The summed E-state index contributed by atoms with van der Waals surface area (Å²) in [5.74, 6) is 0. The molecule has 2 heterocycles. The van der Waals surface area contributed by atoms with Crippen LogP contribution in [0.1, 0.15) is 26.2 Å². The maximum absolute atomic E-state index is 5.31. The van der Waals surface area contributed by atoms with E-state index in [1.54, 1.807) is 0 Å². The van der Waals surface area contributed by atoms with E-state index < -0.39 is 0 Å². The Morgan fingerprint density at radius 1 is 1.64 bits per heavy atom. The van der Waals surface area contributed by atoms with Crippen molar-refractivity contribution in [1.29, 1.82) is 0 Å². The van der Waals surface area contributed by atoms with Crippen LogP contribution in [0.3, 0.4) is 0 Å². The maximum atomic E-state index is 5.31. The highest BCUT2D eigenvalue weighted by Gasteiger charge is 2.22. The van der Waals surface area contributed by atoms with E-state index in [0.717, 1.165) is 31.3 Å². The largest absolute Gasteiger partial charge is 0.379 e. The molecular weight excluding hydrogens is 196 g/mol. The van der Waals surface area contributed by atoms with Gasteiger partial charge < -0.3 is 10.1 Å². The summed E-state index contributed by atoms with van der Waals surface area (Å²) in [5.41, 5.74) is 0. The first-order chi connectivity index (χ1) is 6.88. The van der Waals surface area contributed by atoms with Gasteiger partial charge in [0.05, 0.1) is 19.2 Å². The van der Waals surface area contributed by atoms with Crippen LogP contribution in [-0.4, -0.2) is 36.2 Å². The van der Waals surface area contributed by atoms with Crippen LogP contribution < -0.4 is 5.32 Å². The van der Waals surface area contributed by atoms with Gasteiger partial charge in [-0.3, -0.25) is 4.99 Å². The van der Waals surface area contributed by atoms with Crippen molar-refractivity contribution in [3.8, 4) is 0 Å². The van der Waals surface area contributed by atoms with Crippen LogP contribution in [0, 0.1) is 0 Å². The number of hydrogen-bond acceptors (Lipinski definition) is 4.